The average molecular weight is 222 g/mol. The zero-order chi connectivity index (χ0) is 10.8. The summed E-state index contributed by atoms with van der Waals surface area (Å²) >= 11 is 1.42. The second-order valence-electron chi connectivity index (χ2n) is 3.15. The Morgan fingerprint density at radius 1 is 1.40 bits per heavy atom. The molecule has 0 atom stereocenters. The molecule has 0 spiro atoms. The van der Waals surface area contributed by atoms with Gasteiger partial charge in [-0.2, -0.15) is 0 Å². The molecule has 0 saturated heterocycles. The van der Waals surface area contributed by atoms with Crippen molar-refractivity contribution in [2.75, 3.05) is 5.73 Å². The first-order valence-electron chi connectivity index (χ1n) is 4.72. The Hall–Kier alpha value is -1.42. The van der Waals surface area contributed by atoms with E-state index in [1.165, 1.54) is 17.4 Å². The van der Waals surface area contributed by atoms with Crippen LogP contribution in [0.3, 0.4) is 0 Å². The highest BCUT2D eigenvalue weighted by atomic mass is 32.1. The van der Waals surface area contributed by atoms with Crippen molar-refractivity contribution in [1.82, 2.24) is 4.98 Å². The number of aryl methyl sites for hydroxylation is 1. The van der Waals surface area contributed by atoms with Crippen LogP contribution in [0.4, 0.5) is 9.39 Å². The fourth-order valence-electron chi connectivity index (χ4n) is 1.38. The molecule has 0 amide bonds. The first-order chi connectivity index (χ1) is 7.22. The normalized spacial score (nSPS) is 10.5. The Bertz CT molecular complexity index is 479. The van der Waals surface area contributed by atoms with Crippen LogP contribution in [0.25, 0.3) is 11.3 Å². The van der Waals surface area contributed by atoms with Crippen LogP contribution in [-0.2, 0) is 6.42 Å². The van der Waals surface area contributed by atoms with Gasteiger partial charge < -0.3 is 5.73 Å². The van der Waals surface area contributed by atoms with Gasteiger partial charge in [-0.3, -0.25) is 0 Å². The molecule has 2 aromatic rings. The van der Waals surface area contributed by atoms with Crippen LogP contribution in [0, 0.1) is 5.82 Å². The molecule has 2 rings (SSSR count). The van der Waals surface area contributed by atoms with Crippen LogP contribution in [0.1, 0.15) is 11.9 Å². The minimum Gasteiger partial charge on any atom is -0.389 e. The van der Waals surface area contributed by atoms with Gasteiger partial charge in [0.2, 0.25) is 0 Å². The van der Waals surface area contributed by atoms with Crippen molar-refractivity contribution in [3.8, 4) is 11.3 Å². The van der Waals surface area contributed by atoms with Crippen LogP contribution in [0.15, 0.2) is 24.3 Å². The second kappa shape index (κ2) is 3.98. The molecule has 0 radical (unpaired) electrons. The predicted molar refractivity (Wildman–Crippen MR) is 61.3 cm³/mol. The molecule has 1 aromatic heterocycles. The van der Waals surface area contributed by atoms with Gasteiger partial charge in [-0.15, -0.1) is 11.3 Å². The Labute approximate surface area is 91.6 Å². The van der Waals surface area contributed by atoms with Crippen LogP contribution < -0.4 is 5.73 Å². The molecule has 0 fully saturated rings. The van der Waals surface area contributed by atoms with Gasteiger partial charge in [-0.05, 0) is 18.6 Å². The Balaban J connectivity index is 2.54. The maximum Gasteiger partial charge on any atom is 0.132 e. The largest absolute Gasteiger partial charge is 0.389 e. The molecule has 0 saturated carbocycles. The number of hydrogen-bond acceptors (Lipinski definition) is 3. The number of aromatic nitrogens is 1. The highest BCUT2D eigenvalue weighted by Gasteiger charge is 2.12. The molecule has 78 valence electrons. The van der Waals surface area contributed by atoms with Crippen molar-refractivity contribution in [3.63, 3.8) is 0 Å². The summed E-state index contributed by atoms with van der Waals surface area (Å²) < 4.78 is 13.5. The fraction of sp³-hybridized carbons (Fsp3) is 0.182. The predicted octanol–water partition coefficient (Wildman–Crippen LogP) is 3.09. The summed E-state index contributed by atoms with van der Waals surface area (Å²) in [5.41, 5.74) is 6.85. The third-order valence-electron chi connectivity index (χ3n) is 2.13. The lowest BCUT2D eigenvalue weighted by Crippen LogP contribution is -1.89. The van der Waals surface area contributed by atoms with E-state index in [4.69, 9.17) is 5.73 Å². The van der Waals surface area contributed by atoms with Gasteiger partial charge in [0.25, 0.3) is 0 Å². The van der Waals surface area contributed by atoms with E-state index in [9.17, 15) is 4.39 Å². The van der Waals surface area contributed by atoms with E-state index in [0.717, 1.165) is 11.4 Å². The van der Waals surface area contributed by atoms with Crippen LogP contribution in [0.2, 0.25) is 0 Å². The quantitative estimate of drug-likeness (QED) is 0.848. The molecule has 0 bridgehead atoms. The smallest absolute Gasteiger partial charge is 0.132 e. The lowest BCUT2D eigenvalue weighted by molar-refractivity contribution is 0.631. The van der Waals surface area contributed by atoms with Crippen molar-refractivity contribution in [2.24, 2.45) is 0 Å². The van der Waals surface area contributed by atoms with Gasteiger partial charge in [-0.1, -0.05) is 19.1 Å². The number of benzene rings is 1. The highest BCUT2D eigenvalue weighted by molar-refractivity contribution is 7.16. The number of nitrogens with two attached hydrogens (primary N) is 1. The van der Waals surface area contributed by atoms with Crippen LogP contribution >= 0.6 is 11.3 Å². The summed E-state index contributed by atoms with van der Waals surface area (Å²) in [6.45, 7) is 2.00. The SMILES string of the molecule is CCc1nc(-c2ccccc2F)c(N)s1. The molecule has 2 nitrogen and oxygen atoms in total. The third-order valence-corrected chi connectivity index (χ3v) is 3.16. The Morgan fingerprint density at radius 2 is 2.13 bits per heavy atom. The number of thiazole rings is 1. The molecule has 2 N–H and O–H groups in total. The van der Waals surface area contributed by atoms with Crippen molar-refractivity contribution in [3.05, 3.63) is 35.1 Å². The van der Waals surface area contributed by atoms with Gasteiger partial charge in [-0.25, -0.2) is 9.37 Å². The van der Waals surface area contributed by atoms with Gasteiger partial charge in [0, 0.05) is 5.56 Å². The van der Waals surface area contributed by atoms with E-state index in [1.807, 2.05) is 6.92 Å². The summed E-state index contributed by atoms with van der Waals surface area (Å²) in [4.78, 5) is 4.31. The fourth-order valence-corrected chi connectivity index (χ4v) is 2.16. The van der Waals surface area contributed by atoms with Crippen molar-refractivity contribution >= 4 is 16.3 Å². The maximum atomic E-state index is 13.5. The maximum absolute atomic E-state index is 13.5. The van der Waals surface area contributed by atoms with Crippen molar-refractivity contribution in [2.45, 2.75) is 13.3 Å². The molecule has 1 heterocycles. The number of halogens is 1. The van der Waals surface area contributed by atoms with E-state index in [0.29, 0.717) is 16.3 Å². The van der Waals surface area contributed by atoms with Crippen molar-refractivity contribution < 1.29 is 4.39 Å². The zero-order valence-electron chi connectivity index (χ0n) is 8.33. The topological polar surface area (TPSA) is 38.9 Å². The van der Waals surface area contributed by atoms with E-state index >= 15 is 0 Å². The lowest BCUT2D eigenvalue weighted by atomic mass is 10.1. The summed E-state index contributed by atoms with van der Waals surface area (Å²) in [5, 5.41) is 1.52. The van der Waals surface area contributed by atoms with Gasteiger partial charge >= 0.3 is 0 Å². The number of hydrogen-bond donors (Lipinski definition) is 1. The summed E-state index contributed by atoms with van der Waals surface area (Å²) in [6.07, 6.45) is 0.823. The lowest BCUT2D eigenvalue weighted by Gasteiger charge is -1.99. The monoisotopic (exact) mass is 222 g/mol. The number of nitrogen functional groups attached to an aromatic ring is 1. The molecule has 4 heteroatoms. The number of nitrogens with zero attached hydrogens (tertiary/aromatic N) is 1. The standard InChI is InChI=1S/C11H11FN2S/c1-2-9-14-10(11(13)15-9)7-5-3-4-6-8(7)12/h3-6H,2,13H2,1H3. The summed E-state index contributed by atoms with van der Waals surface area (Å²) in [6, 6.07) is 6.55. The Morgan fingerprint density at radius 3 is 2.73 bits per heavy atom. The minimum atomic E-state index is -0.280. The Kier molecular flexibility index (Phi) is 2.68. The molecule has 0 aliphatic heterocycles. The molecular weight excluding hydrogens is 211 g/mol. The van der Waals surface area contributed by atoms with Gasteiger partial charge in [0.1, 0.15) is 16.5 Å². The van der Waals surface area contributed by atoms with Gasteiger partial charge in [0.15, 0.2) is 0 Å². The number of rotatable bonds is 2. The molecule has 0 unspecified atom stereocenters. The first-order valence-corrected chi connectivity index (χ1v) is 5.54. The second-order valence-corrected chi connectivity index (χ2v) is 4.27. The minimum absolute atomic E-state index is 0.280. The van der Waals surface area contributed by atoms with E-state index in [-0.39, 0.29) is 5.82 Å². The molecule has 15 heavy (non-hydrogen) atoms. The van der Waals surface area contributed by atoms with Crippen LogP contribution in [0.5, 0.6) is 0 Å². The van der Waals surface area contributed by atoms with E-state index in [1.54, 1.807) is 18.2 Å². The van der Waals surface area contributed by atoms with E-state index < -0.39 is 0 Å². The molecule has 1 aromatic carbocycles. The molecular formula is C11H11FN2S. The molecule has 0 aliphatic rings. The zero-order valence-corrected chi connectivity index (χ0v) is 9.14. The summed E-state index contributed by atoms with van der Waals surface area (Å²) in [7, 11) is 0. The van der Waals surface area contributed by atoms with Crippen molar-refractivity contribution in [1.29, 1.82) is 0 Å². The van der Waals surface area contributed by atoms with Crippen LogP contribution in [-0.4, -0.2) is 4.98 Å². The summed E-state index contributed by atoms with van der Waals surface area (Å²) in [5.74, 6) is -0.280. The first kappa shape index (κ1) is 10.1. The highest BCUT2D eigenvalue weighted by Crippen LogP contribution is 2.32. The van der Waals surface area contributed by atoms with E-state index in [2.05, 4.69) is 4.98 Å². The third kappa shape index (κ3) is 1.85. The average Bonchev–Trinajstić information content (AvgIpc) is 2.60. The molecule has 0 aliphatic carbocycles. The number of anilines is 1. The van der Waals surface area contributed by atoms with Gasteiger partial charge in [0.05, 0.1) is 5.01 Å².